The Morgan fingerprint density at radius 3 is 2.57 bits per heavy atom. The van der Waals surface area contributed by atoms with Crippen molar-refractivity contribution < 1.29 is 9.53 Å². The molecule has 2 heterocycles. The highest BCUT2D eigenvalue weighted by Crippen LogP contribution is 2.47. The average molecular weight is 383 g/mol. The summed E-state index contributed by atoms with van der Waals surface area (Å²) in [5, 5.41) is 14.8. The highest BCUT2D eigenvalue weighted by molar-refractivity contribution is 5.67. The van der Waals surface area contributed by atoms with Gasteiger partial charge in [-0.2, -0.15) is 5.21 Å². The van der Waals surface area contributed by atoms with Crippen LogP contribution in [0, 0.1) is 11.3 Å². The van der Waals surface area contributed by atoms with Crippen LogP contribution in [0.3, 0.4) is 0 Å². The minimum Gasteiger partial charge on any atom is -0.445 e. The van der Waals surface area contributed by atoms with Gasteiger partial charge in [0.05, 0.1) is 0 Å². The summed E-state index contributed by atoms with van der Waals surface area (Å²) >= 11 is 0. The number of carbonyl (C=O) groups is 1. The molecule has 0 spiro atoms. The number of rotatable bonds is 5. The normalized spacial score (nSPS) is 20.1. The third kappa shape index (κ3) is 4.34. The molecule has 4 rings (SSSR count). The van der Waals surface area contributed by atoms with Crippen LogP contribution >= 0.6 is 0 Å². The minimum atomic E-state index is -0.208. The van der Waals surface area contributed by atoms with Crippen LogP contribution in [-0.4, -0.2) is 44.7 Å². The third-order valence-corrected chi connectivity index (χ3v) is 6.59. The molecule has 7 nitrogen and oxygen atoms in total. The number of hydrogen-bond acceptors (Lipinski definition) is 5. The Kier molecular flexibility index (Phi) is 5.88. The largest absolute Gasteiger partial charge is 0.445 e. The zero-order chi connectivity index (χ0) is 19.2. The lowest BCUT2D eigenvalue weighted by Gasteiger charge is -2.47. The molecule has 1 aromatic carbocycles. The SMILES string of the molecule is O=C(OCc1ccccc1)N1CCC(Cc2nn[nH]n2)(C2CCCCC2)CC1. The maximum absolute atomic E-state index is 12.5. The zero-order valence-electron chi connectivity index (χ0n) is 16.3. The van der Waals surface area contributed by atoms with E-state index in [1.807, 2.05) is 35.2 Å². The van der Waals surface area contributed by atoms with Crippen molar-refractivity contribution in [1.29, 1.82) is 0 Å². The molecular formula is C21H29N5O2. The third-order valence-electron chi connectivity index (χ3n) is 6.59. The van der Waals surface area contributed by atoms with Crippen molar-refractivity contribution in [3.8, 4) is 0 Å². The van der Waals surface area contributed by atoms with Crippen LogP contribution in [0.5, 0.6) is 0 Å². The van der Waals surface area contributed by atoms with E-state index in [0.29, 0.717) is 12.5 Å². The summed E-state index contributed by atoms with van der Waals surface area (Å²) < 4.78 is 5.53. The predicted octanol–water partition coefficient (Wildman–Crippen LogP) is 3.74. The van der Waals surface area contributed by atoms with Gasteiger partial charge < -0.3 is 9.64 Å². The molecule has 1 aromatic heterocycles. The maximum Gasteiger partial charge on any atom is 0.410 e. The van der Waals surface area contributed by atoms with Gasteiger partial charge in [-0.3, -0.25) is 0 Å². The molecule has 1 N–H and O–H groups in total. The van der Waals surface area contributed by atoms with Crippen LogP contribution in [-0.2, 0) is 17.8 Å². The molecule has 0 unspecified atom stereocenters. The van der Waals surface area contributed by atoms with E-state index in [1.165, 1.54) is 32.1 Å². The van der Waals surface area contributed by atoms with Gasteiger partial charge in [-0.25, -0.2) is 4.79 Å². The summed E-state index contributed by atoms with van der Waals surface area (Å²) in [6.45, 7) is 1.80. The molecule has 28 heavy (non-hydrogen) atoms. The van der Waals surface area contributed by atoms with Crippen LogP contribution < -0.4 is 0 Å². The van der Waals surface area contributed by atoms with Gasteiger partial charge in [-0.1, -0.05) is 54.8 Å². The van der Waals surface area contributed by atoms with Crippen molar-refractivity contribution in [3.63, 3.8) is 0 Å². The minimum absolute atomic E-state index is 0.167. The standard InChI is InChI=1S/C21H29N5O2/c27-20(28-16-17-7-3-1-4-8-17)26-13-11-21(12-14-26,15-19-22-24-25-23-19)18-9-5-2-6-10-18/h1,3-4,7-8,18H,2,5-6,9-16H2,(H,22,23,24,25). The number of piperidine rings is 1. The fourth-order valence-corrected chi connectivity index (χ4v) is 4.96. The molecule has 2 aromatic rings. The van der Waals surface area contributed by atoms with Crippen molar-refractivity contribution in [1.82, 2.24) is 25.5 Å². The van der Waals surface area contributed by atoms with Crippen molar-refractivity contribution in [2.45, 2.75) is 58.0 Å². The van der Waals surface area contributed by atoms with E-state index in [2.05, 4.69) is 20.6 Å². The number of likely N-dealkylation sites (tertiary alicyclic amines) is 1. The van der Waals surface area contributed by atoms with Crippen LogP contribution in [0.15, 0.2) is 30.3 Å². The van der Waals surface area contributed by atoms with Gasteiger partial charge >= 0.3 is 6.09 Å². The van der Waals surface area contributed by atoms with Crippen molar-refractivity contribution >= 4 is 6.09 Å². The first kappa shape index (κ1) is 18.9. The number of ether oxygens (including phenoxy) is 1. The Morgan fingerprint density at radius 1 is 1.14 bits per heavy atom. The van der Waals surface area contributed by atoms with E-state index in [-0.39, 0.29) is 11.5 Å². The van der Waals surface area contributed by atoms with E-state index in [9.17, 15) is 4.79 Å². The number of H-pyrrole nitrogens is 1. The highest BCUT2D eigenvalue weighted by Gasteiger charge is 2.43. The predicted molar refractivity (Wildman–Crippen MR) is 104 cm³/mol. The number of aromatic nitrogens is 4. The summed E-state index contributed by atoms with van der Waals surface area (Å²) in [5.74, 6) is 1.48. The highest BCUT2D eigenvalue weighted by atomic mass is 16.6. The number of carbonyl (C=O) groups excluding carboxylic acids is 1. The molecule has 7 heteroatoms. The Balaban J connectivity index is 1.37. The van der Waals surface area contributed by atoms with Crippen LogP contribution in [0.25, 0.3) is 0 Å². The second-order valence-electron chi connectivity index (χ2n) is 8.23. The molecule has 0 atom stereocenters. The van der Waals surface area contributed by atoms with Crippen molar-refractivity contribution in [3.05, 3.63) is 41.7 Å². The lowest BCUT2D eigenvalue weighted by Crippen LogP contribution is -2.48. The molecule has 1 aliphatic carbocycles. The Morgan fingerprint density at radius 2 is 1.89 bits per heavy atom. The first-order chi connectivity index (χ1) is 13.8. The molecule has 0 bridgehead atoms. The van der Waals surface area contributed by atoms with Gasteiger partial charge in [0.1, 0.15) is 6.61 Å². The number of amides is 1. The molecule has 1 saturated carbocycles. The molecule has 1 amide bonds. The van der Waals surface area contributed by atoms with Gasteiger partial charge in [0, 0.05) is 19.5 Å². The summed E-state index contributed by atoms with van der Waals surface area (Å²) in [7, 11) is 0. The van der Waals surface area contributed by atoms with E-state index in [4.69, 9.17) is 4.74 Å². The molecule has 2 fully saturated rings. The Labute approximate surface area is 165 Å². The molecule has 1 saturated heterocycles. The maximum atomic E-state index is 12.5. The van der Waals surface area contributed by atoms with Crippen LogP contribution in [0.2, 0.25) is 0 Å². The Hall–Kier alpha value is -2.44. The zero-order valence-corrected chi connectivity index (χ0v) is 16.3. The fraction of sp³-hybridized carbons (Fsp3) is 0.619. The van der Waals surface area contributed by atoms with E-state index in [1.54, 1.807) is 0 Å². The number of aromatic amines is 1. The van der Waals surface area contributed by atoms with Gasteiger partial charge in [0.15, 0.2) is 5.82 Å². The van der Waals surface area contributed by atoms with E-state index >= 15 is 0 Å². The molecule has 150 valence electrons. The summed E-state index contributed by atoms with van der Waals surface area (Å²) in [6.07, 6.45) is 9.10. The number of nitrogens with one attached hydrogen (secondary N) is 1. The summed E-state index contributed by atoms with van der Waals surface area (Å²) in [5.41, 5.74) is 1.18. The van der Waals surface area contributed by atoms with Gasteiger partial charge in [-0.05, 0) is 42.6 Å². The first-order valence-electron chi connectivity index (χ1n) is 10.4. The quantitative estimate of drug-likeness (QED) is 0.850. The average Bonchev–Trinajstić information content (AvgIpc) is 3.27. The van der Waals surface area contributed by atoms with Crippen LogP contribution in [0.4, 0.5) is 4.79 Å². The van der Waals surface area contributed by atoms with Gasteiger partial charge in [-0.15, -0.1) is 10.2 Å². The van der Waals surface area contributed by atoms with E-state index < -0.39 is 0 Å². The Bertz CT molecular complexity index is 735. The number of nitrogens with zero attached hydrogens (tertiary/aromatic N) is 4. The topological polar surface area (TPSA) is 84.0 Å². The van der Waals surface area contributed by atoms with E-state index in [0.717, 1.165) is 43.7 Å². The molecule has 1 aliphatic heterocycles. The second-order valence-corrected chi connectivity index (χ2v) is 8.23. The summed E-state index contributed by atoms with van der Waals surface area (Å²) in [4.78, 5) is 14.4. The molecule has 0 radical (unpaired) electrons. The lowest BCUT2D eigenvalue weighted by molar-refractivity contribution is 0.0197. The van der Waals surface area contributed by atoms with Crippen LogP contribution in [0.1, 0.15) is 56.3 Å². The molecule has 2 aliphatic rings. The monoisotopic (exact) mass is 383 g/mol. The molecular weight excluding hydrogens is 354 g/mol. The second kappa shape index (κ2) is 8.71. The number of tetrazole rings is 1. The lowest BCUT2D eigenvalue weighted by atomic mass is 9.62. The first-order valence-corrected chi connectivity index (χ1v) is 10.4. The fourth-order valence-electron chi connectivity index (χ4n) is 4.96. The number of hydrogen-bond donors (Lipinski definition) is 1. The van der Waals surface area contributed by atoms with Crippen molar-refractivity contribution in [2.24, 2.45) is 11.3 Å². The number of benzene rings is 1. The van der Waals surface area contributed by atoms with Gasteiger partial charge in [0.2, 0.25) is 0 Å². The summed E-state index contributed by atoms with van der Waals surface area (Å²) in [6, 6.07) is 9.83. The smallest absolute Gasteiger partial charge is 0.410 e. The van der Waals surface area contributed by atoms with Gasteiger partial charge in [0.25, 0.3) is 0 Å². The van der Waals surface area contributed by atoms with Crippen molar-refractivity contribution in [2.75, 3.05) is 13.1 Å².